The number of hydrogen-bond acceptors (Lipinski definition) is 11. The second-order valence-corrected chi connectivity index (χ2v) is 19.0. The van der Waals surface area contributed by atoms with Gasteiger partial charge in [-0.15, -0.1) is 21.5 Å². The van der Waals surface area contributed by atoms with Crippen molar-refractivity contribution in [3.63, 3.8) is 0 Å². The maximum atomic E-state index is 10.2. The van der Waals surface area contributed by atoms with Gasteiger partial charge in [0.1, 0.15) is 41.2 Å². The second-order valence-electron chi connectivity index (χ2n) is 17.8. The van der Waals surface area contributed by atoms with Crippen molar-refractivity contribution in [3.05, 3.63) is 171 Å². The zero-order chi connectivity index (χ0) is 43.3. The molecule has 0 radical (unpaired) electrons. The highest BCUT2D eigenvalue weighted by molar-refractivity contribution is 7.15. The fourth-order valence-corrected chi connectivity index (χ4v) is 11.7. The average Bonchev–Trinajstić information content (AvgIpc) is 4.02. The third-order valence-corrected chi connectivity index (χ3v) is 15.3. The van der Waals surface area contributed by atoms with Gasteiger partial charge in [0.2, 0.25) is 0 Å². The van der Waals surface area contributed by atoms with Gasteiger partial charge in [-0.05, 0) is 104 Å². The summed E-state index contributed by atoms with van der Waals surface area (Å²) >= 11 is 1.78. The van der Waals surface area contributed by atoms with Crippen LogP contribution in [0.4, 0.5) is 5.69 Å². The first-order valence-electron chi connectivity index (χ1n) is 22.7. The summed E-state index contributed by atoms with van der Waals surface area (Å²) in [7, 11) is 0. The number of aromatic hydroxyl groups is 1. The molecule has 7 aromatic rings. The first-order valence-corrected chi connectivity index (χ1v) is 23.6. The lowest BCUT2D eigenvalue weighted by atomic mass is 9.69. The molecule has 0 amide bonds. The van der Waals surface area contributed by atoms with Gasteiger partial charge in [-0.3, -0.25) is 19.4 Å². The van der Waals surface area contributed by atoms with Crippen molar-refractivity contribution in [2.75, 3.05) is 57.3 Å². The molecule has 0 spiro atoms. The number of phenols is 1. The van der Waals surface area contributed by atoms with Crippen LogP contribution in [-0.4, -0.2) is 98.8 Å². The number of aliphatic imine (C=N–C) groups is 1. The van der Waals surface area contributed by atoms with Gasteiger partial charge in [-0.1, -0.05) is 60.7 Å². The van der Waals surface area contributed by atoms with Crippen molar-refractivity contribution in [2.24, 2.45) is 4.99 Å². The number of anilines is 1. The number of nitrogens with zero attached hydrogens (tertiary/aromatic N) is 8. The molecule has 2 saturated heterocycles. The van der Waals surface area contributed by atoms with Crippen LogP contribution in [0, 0.1) is 20.8 Å². The number of aromatic nitrogens is 4. The Kier molecular flexibility index (Phi) is 10.9. The van der Waals surface area contributed by atoms with Crippen molar-refractivity contribution in [3.8, 4) is 16.5 Å². The lowest BCUT2D eigenvalue weighted by molar-refractivity contribution is 0.0755. The Labute approximate surface area is 378 Å². The first kappa shape index (κ1) is 40.7. The average molecular weight is 871 g/mol. The Morgan fingerprint density at radius 2 is 1.66 bits per heavy atom. The van der Waals surface area contributed by atoms with Gasteiger partial charge in [-0.2, -0.15) is 0 Å². The van der Waals surface area contributed by atoms with E-state index in [0.717, 1.165) is 97.9 Å². The number of phenolic OH excluding ortho intramolecular Hbond substituents is 1. The Morgan fingerprint density at radius 3 is 2.42 bits per heavy atom. The van der Waals surface area contributed by atoms with E-state index in [0.29, 0.717) is 36.6 Å². The molecule has 3 atom stereocenters. The van der Waals surface area contributed by atoms with Crippen LogP contribution in [0.3, 0.4) is 0 Å². The molecule has 4 aliphatic rings. The first-order chi connectivity index (χ1) is 31.3. The summed E-state index contributed by atoms with van der Waals surface area (Å²) < 4.78 is 14.2. The van der Waals surface area contributed by atoms with E-state index in [4.69, 9.17) is 14.1 Å². The molecule has 11 nitrogen and oxygen atoms in total. The number of piperazine rings is 1. The Bertz CT molecular complexity index is 2770. The fourth-order valence-electron chi connectivity index (χ4n) is 10.5. The highest BCUT2D eigenvalue weighted by Crippen LogP contribution is 2.47. The van der Waals surface area contributed by atoms with Gasteiger partial charge in [0.25, 0.3) is 0 Å². The third kappa shape index (κ3) is 7.71. The number of rotatable bonds is 11. The number of aryl methyl sites for hydroxylation is 3. The molecule has 0 bridgehead atoms. The highest BCUT2D eigenvalue weighted by atomic mass is 32.1. The van der Waals surface area contributed by atoms with E-state index in [1.54, 1.807) is 23.8 Å². The molecule has 326 valence electrons. The minimum Gasteiger partial charge on any atom is -0.508 e. The van der Waals surface area contributed by atoms with Crippen LogP contribution in [0.2, 0.25) is 0 Å². The molecule has 1 aliphatic carbocycles. The van der Waals surface area contributed by atoms with Gasteiger partial charge in [0.15, 0.2) is 11.7 Å². The van der Waals surface area contributed by atoms with Crippen LogP contribution >= 0.6 is 11.3 Å². The highest BCUT2D eigenvalue weighted by Gasteiger charge is 2.36. The van der Waals surface area contributed by atoms with Gasteiger partial charge in [0.05, 0.1) is 18.3 Å². The van der Waals surface area contributed by atoms with Crippen molar-refractivity contribution >= 4 is 22.7 Å². The number of hydrogen-bond donors (Lipinski definition) is 1. The quantitative estimate of drug-likeness (QED) is 0.137. The SMILES string of the molecule is Cc1sc2c(c1C)C(c1ccc(N3CC(N4CCN(CCOc5ccc([C@H]6c7ccc(O)cc7CC[C@H]6c6ccccc6)cc5)CC4)C3)cc1)=N[C@@H](Cc1ncco1)c1nnc(C)n1-2. The standard InChI is InChI=1S/C52H54N8O3S/c1-33-34(2)64-52-48(33)50(54-46(30-47-53-21-27-63-47)51-56-55-35(3)60(51)52)38-9-14-40(15-10-38)59-31-41(32-59)58-24-22-57(23-25-58)26-28-62-43-17-11-37(12-18-43)49-44(36-7-5-4-6-8-36)19-13-39-29-42(61)16-20-45(39)49/h4-12,14-18,20-21,27,29,41,44,46,49,61H,13,19,22-26,28,30-32H2,1-3H3/t44-,46-,49+/m0/s1. The van der Waals surface area contributed by atoms with Crippen LogP contribution in [0.5, 0.6) is 11.5 Å². The number of benzene rings is 4. The Morgan fingerprint density at radius 1 is 0.859 bits per heavy atom. The summed E-state index contributed by atoms with van der Waals surface area (Å²) in [5, 5.41) is 20.4. The molecule has 6 heterocycles. The summed E-state index contributed by atoms with van der Waals surface area (Å²) in [6.45, 7) is 14.3. The van der Waals surface area contributed by atoms with Crippen LogP contribution in [-0.2, 0) is 12.8 Å². The van der Waals surface area contributed by atoms with Crippen LogP contribution in [0.1, 0.15) is 85.7 Å². The zero-order valence-electron chi connectivity index (χ0n) is 36.7. The lowest BCUT2D eigenvalue weighted by Crippen LogP contribution is -2.63. The summed E-state index contributed by atoms with van der Waals surface area (Å²) in [5.74, 6) is 4.18. The predicted molar refractivity (Wildman–Crippen MR) is 252 cm³/mol. The second kappa shape index (κ2) is 17.1. The molecule has 3 aromatic heterocycles. The van der Waals surface area contributed by atoms with Gasteiger partial charge < -0.3 is 19.2 Å². The number of oxazole rings is 1. The number of fused-ring (bicyclic) bond motifs is 4. The predicted octanol–water partition coefficient (Wildman–Crippen LogP) is 8.83. The van der Waals surface area contributed by atoms with E-state index in [1.165, 1.54) is 38.4 Å². The molecule has 11 rings (SSSR count). The van der Waals surface area contributed by atoms with Crippen molar-refractivity contribution in [2.45, 2.75) is 64.0 Å². The smallest absolute Gasteiger partial charge is 0.196 e. The Balaban J connectivity index is 0.686. The minimum atomic E-state index is -0.284. The third-order valence-electron chi connectivity index (χ3n) is 14.1. The molecule has 4 aromatic carbocycles. The minimum absolute atomic E-state index is 0.234. The maximum Gasteiger partial charge on any atom is 0.196 e. The summed E-state index contributed by atoms with van der Waals surface area (Å²) in [5.41, 5.74) is 10.9. The number of ether oxygens (including phenoxy) is 1. The summed E-state index contributed by atoms with van der Waals surface area (Å²) in [4.78, 5) is 18.8. The van der Waals surface area contributed by atoms with Gasteiger partial charge in [0, 0.05) is 79.5 Å². The van der Waals surface area contributed by atoms with Crippen LogP contribution in [0.15, 0.2) is 119 Å². The maximum absolute atomic E-state index is 10.2. The van der Waals surface area contributed by atoms with Crippen molar-refractivity contribution < 1.29 is 14.3 Å². The topological polar surface area (TPSA) is 108 Å². The molecule has 64 heavy (non-hydrogen) atoms. The van der Waals surface area contributed by atoms with Crippen LogP contribution < -0.4 is 9.64 Å². The monoisotopic (exact) mass is 870 g/mol. The lowest BCUT2D eigenvalue weighted by Gasteiger charge is -2.49. The van der Waals surface area contributed by atoms with Gasteiger partial charge >= 0.3 is 0 Å². The molecule has 1 N–H and O–H groups in total. The molecular formula is C52H54N8O3S. The van der Waals surface area contributed by atoms with E-state index >= 15 is 0 Å². The summed E-state index contributed by atoms with van der Waals surface area (Å²) in [6.07, 6.45) is 5.83. The zero-order valence-corrected chi connectivity index (χ0v) is 37.5. The van der Waals surface area contributed by atoms with E-state index in [2.05, 4.69) is 133 Å². The van der Waals surface area contributed by atoms with Gasteiger partial charge in [-0.25, -0.2) is 4.98 Å². The Hall–Kier alpha value is -6.08. The molecule has 0 saturated carbocycles. The van der Waals surface area contributed by atoms with E-state index in [-0.39, 0.29) is 12.0 Å². The van der Waals surface area contributed by atoms with Crippen molar-refractivity contribution in [1.29, 1.82) is 0 Å². The molecule has 12 heteroatoms. The normalized spacial score (nSPS) is 20.2. The molecular weight excluding hydrogens is 817 g/mol. The number of thiophene rings is 1. The summed E-state index contributed by atoms with van der Waals surface area (Å²) in [6, 6.07) is 34.8. The molecule has 3 aliphatic heterocycles. The molecule has 2 fully saturated rings. The fraction of sp³-hybridized carbons (Fsp3) is 0.346. The largest absolute Gasteiger partial charge is 0.508 e. The van der Waals surface area contributed by atoms with E-state index in [9.17, 15) is 5.11 Å². The van der Waals surface area contributed by atoms with E-state index < -0.39 is 0 Å². The molecule has 0 unspecified atom stereocenters. The van der Waals surface area contributed by atoms with Crippen LogP contribution in [0.25, 0.3) is 5.00 Å². The van der Waals surface area contributed by atoms with Crippen molar-refractivity contribution in [1.82, 2.24) is 29.5 Å². The van der Waals surface area contributed by atoms with E-state index in [1.807, 2.05) is 19.1 Å².